The quantitative estimate of drug-likeness (QED) is 0.593. The summed E-state index contributed by atoms with van der Waals surface area (Å²) in [4.78, 5) is 26.6. The molecule has 5 heteroatoms. The van der Waals surface area contributed by atoms with Gasteiger partial charge in [-0.15, -0.1) is 12.6 Å². The van der Waals surface area contributed by atoms with Crippen molar-refractivity contribution in [3.63, 3.8) is 0 Å². The number of carbonyl (C=O) groups excluding carboxylic acids is 2. The van der Waals surface area contributed by atoms with E-state index < -0.39 is 5.54 Å². The molecule has 0 fully saturated rings. The van der Waals surface area contributed by atoms with Crippen molar-refractivity contribution in [1.29, 1.82) is 0 Å². The molecule has 2 rings (SSSR count). The van der Waals surface area contributed by atoms with Gasteiger partial charge in [-0.25, -0.2) is 5.01 Å². The molecule has 2 aromatic carbocycles. The van der Waals surface area contributed by atoms with Gasteiger partial charge in [0.15, 0.2) is 0 Å². The Morgan fingerprint density at radius 3 is 2.19 bits per heavy atom. The summed E-state index contributed by atoms with van der Waals surface area (Å²) in [6.07, 6.45) is 0.909. The van der Waals surface area contributed by atoms with Crippen LogP contribution in [-0.2, 0) is 6.42 Å². The Bertz CT molecular complexity index is 852. The maximum absolute atomic E-state index is 13.2. The minimum Gasteiger partial charge on any atom is -0.267 e. The molecule has 0 aliphatic heterocycles. The van der Waals surface area contributed by atoms with Gasteiger partial charge in [0.1, 0.15) is 0 Å². The first-order chi connectivity index (χ1) is 12.5. The number of aryl methyl sites for hydroxylation is 3. The third-order valence-corrected chi connectivity index (χ3v) is 4.98. The summed E-state index contributed by atoms with van der Waals surface area (Å²) in [6.45, 7) is 11.6. The summed E-state index contributed by atoms with van der Waals surface area (Å²) in [5.74, 6) is -0.594. The monoisotopic (exact) mass is 384 g/mol. The number of rotatable bonds is 3. The van der Waals surface area contributed by atoms with Gasteiger partial charge in [0.25, 0.3) is 11.8 Å². The number of benzene rings is 2. The molecule has 2 aromatic rings. The number of thiol groups is 1. The zero-order valence-corrected chi connectivity index (χ0v) is 17.8. The van der Waals surface area contributed by atoms with Crippen molar-refractivity contribution < 1.29 is 9.59 Å². The highest BCUT2D eigenvalue weighted by Crippen LogP contribution is 2.24. The second-order valence-corrected chi connectivity index (χ2v) is 8.23. The molecule has 27 heavy (non-hydrogen) atoms. The van der Waals surface area contributed by atoms with Crippen LogP contribution in [0.15, 0.2) is 41.3 Å². The molecule has 2 amide bonds. The Kier molecular flexibility index (Phi) is 6.37. The van der Waals surface area contributed by atoms with Gasteiger partial charge in [0.2, 0.25) is 0 Å². The summed E-state index contributed by atoms with van der Waals surface area (Å²) in [7, 11) is 0. The third kappa shape index (κ3) is 4.92. The summed E-state index contributed by atoms with van der Waals surface area (Å²) in [6, 6.07) is 11.2. The Morgan fingerprint density at radius 2 is 1.67 bits per heavy atom. The molecule has 0 saturated carbocycles. The van der Waals surface area contributed by atoms with E-state index >= 15 is 0 Å². The lowest BCUT2D eigenvalue weighted by atomic mass is 10.0. The van der Waals surface area contributed by atoms with Crippen LogP contribution in [-0.4, -0.2) is 22.4 Å². The average molecular weight is 385 g/mol. The highest BCUT2D eigenvalue weighted by molar-refractivity contribution is 7.80. The fourth-order valence-electron chi connectivity index (χ4n) is 2.82. The fourth-order valence-corrected chi connectivity index (χ4v) is 3.05. The summed E-state index contributed by atoms with van der Waals surface area (Å²) in [5.41, 5.74) is 6.24. The van der Waals surface area contributed by atoms with Gasteiger partial charge in [-0.3, -0.25) is 15.0 Å². The first-order valence-corrected chi connectivity index (χ1v) is 9.54. The fraction of sp³-hybridized carbons (Fsp3) is 0.364. The number of carbonyl (C=O) groups is 2. The van der Waals surface area contributed by atoms with E-state index in [4.69, 9.17) is 0 Å². The zero-order valence-electron chi connectivity index (χ0n) is 16.9. The van der Waals surface area contributed by atoms with Gasteiger partial charge in [-0.2, -0.15) is 0 Å². The van der Waals surface area contributed by atoms with E-state index in [-0.39, 0.29) is 11.8 Å². The van der Waals surface area contributed by atoms with Crippen LogP contribution in [0.5, 0.6) is 0 Å². The molecular formula is C22H28N2O2S. The molecular weight excluding hydrogens is 356 g/mol. The number of hydrogen-bond donors (Lipinski definition) is 2. The summed E-state index contributed by atoms with van der Waals surface area (Å²) in [5, 5.41) is 1.39. The molecule has 0 bridgehead atoms. The smallest absolute Gasteiger partial charge is 0.267 e. The van der Waals surface area contributed by atoms with Crippen molar-refractivity contribution in [3.8, 4) is 0 Å². The van der Waals surface area contributed by atoms with Crippen LogP contribution in [0.1, 0.15) is 65.1 Å². The van der Waals surface area contributed by atoms with Crippen LogP contribution in [0.4, 0.5) is 0 Å². The normalized spacial score (nSPS) is 11.2. The second-order valence-electron chi connectivity index (χ2n) is 7.78. The van der Waals surface area contributed by atoms with E-state index in [1.165, 1.54) is 5.01 Å². The number of hydrogen-bond acceptors (Lipinski definition) is 3. The molecule has 1 N–H and O–H groups in total. The minimum absolute atomic E-state index is 0.280. The number of nitrogens with one attached hydrogen (secondary N) is 1. The van der Waals surface area contributed by atoms with E-state index in [9.17, 15) is 9.59 Å². The molecule has 0 atom stereocenters. The average Bonchev–Trinajstić information content (AvgIpc) is 2.61. The molecule has 4 nitrogen and oxygen atoms in total. The van der Waals surface area contributed by atoms with E-state index in [0.29, 0.717) is 16.0 Å². The van der Waals surface area contributed by atoms with Crippen molar-refractivity contribution >= 4 is 24.4 Å². The van der Waals surface area contributed by atoms with Gasteiger partial charge in [-0.1, -0.05) is 25.1 Å². The molecule has 0 aliphatic carbocycles. The van der Waals surface area contributed by atoms with E-state index in [2.05, 4.69) is 25.0 Å². The number of amides is 2. The van der Waals surface area contributed by atoms with Gasteiger partial charge in [-0.05, 0) is 75.9 Å². The molecule has 0 radical (unpaired) electrons. The maximum Gasteiger partial charge on any atom is 0.273 e. The lowest BCUT2D eigenvalue weighted by Gasteiger charge is -2.36. The van der Waals surface area contributed by atoms with Crippen molar-refractivity contribution in [2.24, 2.45) is 0 Å². The highest BCUT2D eigenvalue weighted by atomic mass is 32.1. The standard InChI is InChI=1S/C22H28N2O2S/c1-7-16-8-10-17(11-9-16)20(25)23-24(22(4,5)6)21(26)18-13-14(2)12-15(3)19(18)27/h8-13,27H,7H2,1-6H3,(H,23,25). The first kappa shape index (κ1) is 21.0. The number of nitrogens with zero attached hydrogens (tertiary/aromatic N) is 1. The van der Waals surface area contributed by atoms with Gasteiger partial charge in [0, 0.05) is 10.5 Å². The zero-order chi connectivity index (χ0) is 20.4. The van der Waals surface area contributed by atoms with Crippen molar-refractivity contribution in [1.82, 2.24) is 10.4 Å². The molecule has 0 aliphatic rings. The Labute approximate surface area is 167 Å². The Morgan fingerprint density at radius 1 is 1.07 bits per heavy atom. The maximum atomic E-state index is 13.2. The number of hydrazine groups is 1. The predicted molar refractivity (Wildman–Crippen MR) is 112 cm³/mol. The predicted octanol–water partition coefficient (Wildman–Crippen LogP) is 4.74. The topological polar surface area (TPSA) is 49.4 Å². The molecule has 0 saturated heterocycles. The van der Waals surface area contributed by atoms with Gasteiger partial charge < -0.3 is 0 Å². The van der Waals surface area contributed by atoms with E-state index in [1.54, 1.807) is 18.2 Å². The molecule has 0 spiro atoms. The largest absolute Gasteiger partial charge is 0.273 e. The highest BCUT2D eigenvalue weighted by Gasteiger charge is 2.31. The van der Waals surface area contributed by atoms with E-state index in [0.717, 1.165) is 23.1 Å². The second kappa shape index (κ2) is 8.17. The SMILES string of the molecule is CCc1ccc(C(=O)NN(C(=O)c2cc(C)cc(C)c2S)C(C)(C)C)cc1. The van der Waals surface area contributed by atoms with Crippen LogP contribution in [0.3, 0.4) is 0 Å². The molecule has 0 heterocycles. The van der Waals surface area contributed by atoms with E-state index in [1.807, 2.05) is 52.8 Å². The van der Waals surface area contributed by atoms with Gasteiger partial charge in [0.05, 0.1) is 11.1 Å². The minimum atomic E-state index is -0.603. The van der Waals surface area contributed by atoms with Crippen molar-refractivity contribution in [2.75, 3.05) is 0 Å². The van der Waals surface area contributed by atoms with Crippen LogP contribution in [0.2, 0.25) is 0 Å². The van der Waals surface area contributed by atoms with Crippen molar-refractivity contribution in [3.05, 3.63) is 64.2 Å². The first-order valence-electron chi connectivity index (χ1n) is 9.09. The molecule has 0 unspecified atom stereocenters. The van der Waals surface area contributed by atoms with Crippen molar-refractivity contribution in [2.45, 2.75) is 58.4 Å². The van der Waals surface area contributed by atoms with Crippen LogP contribution < -0.4 is 5.43 Å². The Hall–Kier alpha value is -2.27. The molecule has 0 aromatic heterocycles. The summed E-state index contributed by atoms with van der Waals surface area (Å²) < 4.78 is 0. The van der Waals surface area contributed by atoms with Gasteiger partial charge >= 0.3 is 0 Å². The molecule has 144 valence electrons. The van der Waals surface area contributed by atoms with Crippen LogP contribution >= 0.6 is 12.6 Å². The lowest BCUT2D eigenvalue weighted by molar-refractivity contribution is 0.0355. The van der Waals surface area contributed by atoms with Crippen LogP contribution in [0, 0.1) is 13.8 Å². The lowest BCUT2D eigenvalue weighted by Crippen LogP contribution is -2.56. The van der Waals surface area contributed by atoms with Crippen LogP contribution in [0.25, 0.3) is 0 Å². The summed E-state index contributed by atoms with van der Waals surface area (Å²) >= 11 is 4.51. The Balaban J connectivity index is 2.35. The third-order valence-electron chi connectivity index (χ3n) is 4.39.